The van der Waals surface area contributed by atoms with Gasteiger partial charge in [0.1, 0.15) is 18.9 Å². The van der Waals surface area contributed by atoms with Crippen LogP contribution < -0.4 is 10.2 Å². The summed E-state index contributed by atoms with van der Waals surface area (Å²) in [6.45, 7) is 0.276. The molecule has 3 rings (SSSR count). The molecule has 2 N–H and O–H groups in total. The van der Waals surface area contributed by atoms with Crippen molar-refractivity contribution in [3.63, 3.8) is 0 Å². The van der Waals surface area contributed by atoms with Gasteiger partial charge in [-0.2, -0.15) is 4.48 Å². The van der Waals surface area contributed by atoms with Gasteiger partial charge in [0, 0.05) is 24.9 Å². The molecule has 2 aromatic rings. The average Bonchev–Trinajstić information content (AvgIpc) is 2.84. The first-order valence-corrected chi connectivity index (χ1v) is 8.02. The van der Waals surface area contributed by atoms with Gasteiger partial charge < -0.3 is 5.73 Å². The van der Waals surface area contributed by atoms with Gasteiger partial charge in [-0.25, -0.2) is 14.2 Å². The number of primary amides is 1. The van der Waals surface area contributed by atoms with Gasteiger partial charge in [0.05, 0.1) is 5.02 Å². The number of carbonyl (C=O) groups is 2. The lowest BCUT2D eigenvalue weighted by atomic mass is 10.1. The quantitative estimate of drug-likeness (QED) is 0.847. The number of carbonyl (C=O) groups excluding carboxylic acids is 2. The molecular formula is C17H17ClFN4O2+. The maximum atomic E-state index is 13.3. The second-order valence-corrected chi connectivity index (χ2v) is 6.45. The molecule has 2 unspecified atom stereocenters. The molecular weight excluding hydrogens is 347 g/mol. The van der Waals surface area contributed by atoms with E-state index in [4.69, 9.17) is 17.3 Å². The Morgan fingerprint density at radius 2 is 2.20 bits per heavy atom. The van der Waals surface area contributed by atoms with Crippen LogP contribution in [-0.4, -0.2) is 41.5 Å². The standard InChI is InChI=1S/C17H16ClFN4O2/c1-22-14(16(20)24)10-23(17(22)25,15-4-2-3-7-21-15)9-11-5-6-12(19)8-13(11)18/h2-8,14H,9-10H2,1H3,(H-,20,24)/p+1. The number of nitrogens with zero attached hydrogens (tertiary/aromatic N) is 3. The molecule has 0 bridgehead atoms. The van der Waals surface area contributed by atoms with Gasteiger partial charge >= 0.3 is 6.03 Å². The Labute approximate surface area is 149 Å². The lowest BCUT2D eigenvalue weighted by Crippen LogP contribution is -2.52. The Morgan fingerprint density at radius 1 is 1.44 bits per heavy atom. The normalized spacial score (nSPS) is 23.1. The van der Waals surface area contributed by atoms with Crippen molar-refractivity contribution in [3.05, 3.63) is 59.0 Å². The van der Waals surface area contributed by atoms with Gasteiger partial charge in [0.2, 0.25) is 11.7 Å². The Balaban J connectivity index is 2.11. The Morgan fingerprint density at radius 3 is 2.76 bits per heavy atom. The van der Waals surface area contributed by atoms with Crippen LogP contribution in [0.3, 0.4) is 0 Å². The van der Waals surface area contributed by atoms with Gasteiger partial charge in [0.25, 0.3) is 0 Å². The van der Waals surface area contributed by atoms with E-state index in [9.17, 15) is 14.0 Å². The summed E-state index contributed by atoms with van der Waals surface area (Å²) in [7, 11) is 1.53. The maximum absolute atomic E-state index is 13.3. The van der Waals surface area contributed by atoms with E-state index in [1.165, 1.54) is 30.1 Å². The van der Waals surface area contributed by atoms with Gasteiger partial charge in [-0.15, -0.1) is 0 Å². The first kappa shape index (κ1) is 17.3. The SMILES string of the molecule is CN1C(=O)[N+](Cc2ccc(F)cc2Cl)(c2ccccn2)CC1C(N)=O. The van der Waals surface area contributed by atoms with Crippen LogP contribution in [0.25, 0.3) is 0 Å². The van der Waals surface area contributed by atoms with Gasteiger partial charge in [-0.3, -0.25) is 9.69 Å². The fourth-order valence-electron chi connectivity index (χ4n) is 3.16. The van der Waals surface area contributed by atoms with Crippen molar-refractivity contribution in [2.24, 2.45) is 5.73 Å². The lowest BCUT2D eigenvalue weighted by Gasteiger charge is -2.29. The van der Waals surface area contributed by atoms with Crippen molar-refractivity contribution in [2.45, 2.75) is 12.6 Å². The van der Waals surface area contributed by atoms with Gasteiger partial charge in [-0.05, 0) is 24.3 Å². The number of aromatic nitrogens is 1. The molecule has 3 amide bonds. The highest BCUT2D eigenvalue weighted by atomic mass is 35.5. The predicted molar refractivity (Wildman–Crippen MR) is 92.2 cm³/mol. The summed E-state index contributed by atoms with van der Waals surface area (Å²) in [6, 6.07) is 8.16. The van der Waals surface area contributed by atoms with Crippen molar-refractivity contribution in [1.29, 1.82) is 0 Å². The molecule has 130 valence electrons. The number of halogens is 2. The second-order valence-electron chi connectivity index (χ2n) is 6.04. The zero-order valence-corrected chi connectivity index (χ0v) is 14.3. The smallest absolute Gasteiger partial charge is 0.368 e. The molecule has 1 saturated heterocycles. The topological polar surface area (TPSA) is 76.3 Å². The van der Waals surface area contributed by atoms with E-state index in [1.54, 1.807) is 24.4 Å². The van der Waals surface area contributed by atoms with E-state index in [2.05, 4.69) is 4.98 Å². The van der Waals surface area contributed by atoms with Crippen LogP contribution in [0.5, 0.6) is 0 Å². The second kappa shape index (κ2) is 6.42. The molecule has 6 nitrogen and oxygen atoms in total. The highest BCUT2D eigenvalue weighted by Gasteiger charge is 2.55. The summed E-state index contributed by atoms with van der Waals surface area (Å²) in [4.78, 5) is 30.5. The van der Waals surface area contributed by atoms with E-state index in [0.29, 0.717) is 11.4 Å². The number of hydrogen-bond acceptors (Lipinski definition) is 3. The number of quaternary nitrogens is 1. The summed E-state index contributed by atoms with van der Waals surface area (Å²) < 4.78 is 13.1. The number of rotatable bonds is 4. The van der Waals surface area contributed by atoms with Gasteiger partial charge in [0.15, 0.2) is 6.04 Å². The molecule has 8 heteroatoms. The number of nitrogens with two attached hydrogens (primary N) is 1. The van der Waals surface area contributed by atoms with E-state index >= 15 is 0 Å². The fraction of sp³-hybridized carbons (Fsp3) is 0.235. The molecule has 0 radical (unpaired) electrons. The minimum Gasteiger partial charge on any atom is -0.368 e. The first-order chi connectivity index (χ1) is 11.8. The highest BCUT2D eigenvalue weighted by Crippen LogP contribution is 2.34. The monoisotopic (exact) mass is 363 g/mol. The molecule has 2 atom stereocenters. The Kier molecular flexibility index (Phi) is 4.45. The molecule has 25 heavy (non-hydrogen) atoms. The number of hydrogen-bond donors (Lipinski definition) is 1. The van der Waals surface area contributed by atoms with Crippen LogP contribution in [0.2, 0.25) is 5.02 Å². The number of amides is 3. The van der Waals surface area contributed by atoms with Crippen LogP contribution in [0.15, 0.2) is 42.6 Å². The number of benzene rings is 1. The molecule has 1 aliphatic rings. The molecule has 1 fully saturated rings. The third-order valence-electron chi connectivity index (χ3n) is 4.49. The van der Waals surface area contributed by atoms with Crippen LogP contribution in [-0.2, 0) is 11.3 Å². The Hall–Kier alpha value is -2.51. The van der Waals surface area contributed by atoms with Crippen molar-refractivity contribution in [2.75, 3.05) is 13.6 Å². The lowest BCUT2D eigenvalue weighted by molar-refractivity contribution is -0.121. The molecule has 2 heterocycles. The van der Waals surface area contributed by atoms with E-state index in [-0.39, 0.29) is 28.6 Å². The minimum atomic E-state index is -0.756. The molecule has 1 aliphatic heterocycles. The van der Waals surface area contributed by atoms with E-state index < -0.39 is 17.8 Å². The van der Waals surface area contributed by atoms with Crippen LogP contribution in [0.1, 0.15) is 5.56 Å². The minimum absolute atomic E-state index is 0.134. The van der Waals surface area contributed by atoms with Crippen molar-refractivity contribution in [1.82, 2.24) is 14.4 Å². The van der Waals surface area contributed by atoms with Crippen LogP contribution in [0.4, 0.5) is 15.0 Å². The first-order valence-electron chi connectivity index (χ1n) is 7.64. The van der Waals surface area contributed by atoms with Crippen molar-refractivity contribution in [3.8, 4) is 0 Å². The largest absolute Gasteiger partial charge is 0.426 e. The summed E-state index contributed by atoms with van der Waals surface area (Å²) in [5.41, 5.74) is 6.04. The maximum Gasteiger partial charge on any atom is 0.426 e. The van der Waals surface area contributed by atoms with Crippen molar-refractivity contribution < 1.29 is 14.0 Å². The number of pyridine rings is 1. The molecule has 0 saturated carbocycles. The van der Waals surface area contributed by atoms with Crippen LogP contribution >= 0.6 is 11.6 Å². The summed E-state index contributed by atoms with van der Waals surface area (Å²) in [6.07, 6.45) is 1.58. The summed E-state index contributed by atoms with van der Waals surface area (Å²) in [5, 5.41) is 0.214. The molecule has 1 aromatic heterocycles. The van der Waals surface area contributed by atoms with Crippen LogP contribution in [0, 0.1) is 5.82 Å². The highest BCUT2D eigenvalue weighted by molar-refractivity contribution is 6.31. The Bertz CT molecular complexity index is 833. The van der Waals surface area contributed by atoms with E-state index in [0.717, 1.165) is 0 Å². The molecule has 0 spiro atoms. The molecule has 0 aliphatic carbocycles. The number of urea groups is 1. The summed E-state index contributed by atoms with van der Waals surface area (Å²) >= 11 is 6.15. The average molecular weight is 364 g/mol. The third-order valence-corrected chi connectivity index (χ3v) is 4.84. The fourth-order valence-corrected chi connectivity index (χ4v) is 3.39. The zero-order valence-electron chi connectivity index (χ0n) is 13.5. The number of likely N-dealkylation sites (N-methyl/N-ethyl adjacent to an activating group) is 1. The van der Waals surface area contributed by atoms with E-state index in [1.807, 2.05) is 0 Å². The third kappa shape index (κ3) is 2.96. The zero-order chi connectivity index (χ0) is 18.2. The van der Waals surface area contributed by atoms with Crippen molar-refractivity contribution >= 4 is 29.4 Å². The predicted octanol–water partition coefficient (Wildman–Crippen LogP) is 2.30. The van der Waals surface area contributed by atoms with Gasteiger partial charge in [-0.1, -0.05) is 17.7 Å². The summed E-state index contributed by atoms with van der Waals surface area (Å²) in [5.74, 6) is -0.571. The molecule has 1 aromatic carbocycles.